The van der Waals surface area contributed by atoms with Gasteiger partial charge < -0.3 is 14.7 Å². The van der Waals surface area contributed by atoms with Crippen LogP contribution in [0.1, 0.15) is 64.0 Å². The lowest BCUT2D eigenvalue weighted by molar-refractivity contribution is -0.131. The zero-order valence-corrected chi connectivity index (χ0v) is 20.3. The highest BCUT2D eigenvalue weighted by Crippen LogP contribution is 2.30. The summed E-state index contributed by atoms with van der Waals surface area (Å²) in [5.74, 6) is 0.872. The molecular weight excluding hydrogens is 412 g/mol. The Morgan fingerprint density at radius 1 is 1.18 bits per heavy atom. The van der Waals surface area contributed by atoms with Crippen LogP contribution in [-0.2, 0) is 11.2 Å². The summed E-state index contributed by atoms with van der Waals surface area (Å²) >= 11 is 0. The van der Waals surface area contributed by atoms with Gasteiger partial charge in [0.2, 0.25) is 0 Å². The second-order valence-electron chi connectivity index (χ2n) is 9.38. The van der Waals surface area contributed by atoms with E-state index >= 15 is 0 Å². The van der Waals surface area contributed by atoms with Crippen LogP contribution < -0.4 is 4.74 Å². The molecule has 2 heterocycles. The number of piperidine rings is 1. The predicted molar refractivity (Wildman–Crippen MR) is 135 cm³/mol. The first-order valence-corrected chi connectivity index (χ1v) is 12.7. The van der Waals surface area contributed by atoms with Crippen molar-refractivity contribution in [1.29, 1.82) is 0 Å². The number of aromatic nitrogens is 1. The molecule has 0 unspecified atom stereocenters. The quantitative estimate of drug-likeness (QED) is 0.293. The van der Waals surface area contributed by atoms with Gasteiger partial charge in [-0.1, -0.05) is 44.7 Å². The highest BCUT2D eigenvalue weighted by atomic mass is 16.5. The maximum atomic E-state index is 11.1. The van der Waals surface area contributed by atoms with E-state index < -0.39 is 5.97 Å². The first kappa shape index (κ1) is 25.2. The molecule has 1 aliphatic rings. The fourth-order valence-electron chi connectivity index (χ4n) is 4.98. The Labute approximate surface area is 198 Å². The van der Waals surface area contributed by atoms with Crippen molar-refractivity contribution < 1.29 is 14.6 Å². The van der Waals surface area contributed by atoms with Crippen LogP contribution in [-0.4, -0.2) is 47.7 Å². The van der Waals surface area contributed by atoms with Crippen molar-refractivity contribution in [3.8, 4) is 5.75 Å². The molecule has 0 aliphatic carbocycles. The van der Waals surface area contributed by atoms with Gasteiger partial charge in [0, 0.05) is 23.7 Å². The van der Waals surface area contributed by atoms with E-state index in [2.05, 4.69) is 24.0 Å². The monoisotopic (exact) mass is 452 g/mol. The molecule has 0 saturated carbocycles. The Morgan fingerprint density at radius 3 is 2.82 bits per heavy atom. The smallest absolute Gasteiger partial charge is 0.327 e. The SMILES string of the molecule is CCCCCCCN1CC[C@@H](CCCc2ccc3cc(OC)ccc3n2)[C@H](C=CC(=O)O)C1. The lowest BCUT2D eigenvalue weighted by Crippen LogP contribution is -2.40. The first-order valence-electron chi connectivity index (χ1n) is 12.7. The van der Waals surface area contributed by atoms with Gasteiger partial charge >= 0.3 is 5.97 Å². The average molecular weight is 453 g/mol. The summed E-state index contributed by atoms with van der Waals surface area (Å²) < 4.78 is 5.30. The number of ether oxygens (including phenoxy) is 1. The Morgan fingerprint density at radius 2 is 2.03 bits per heavy atom. The lowest BCUT2D eigenvalue weighted by Gasteiger charge is -2.37. The third-order valence-corrected chi connectivity index (χ3v) is 6.92. The number of nitrogens with zero attached hydrogens (tertiary/aromatic N) is 2. The molecule has 1 aliphatic heterocycles. The standard InChI is InChI=1S/C28H40N2O3/c1-3-4-5-6-7-18-30-19-17-22(24(21-30)12-16-28(31)32)9-8-10-25-13-11-23-20-26(33-2)14-15-27(23)29-25/h11-16,20,22,24H,3-10,17-19,21H2,1-2H3,(H,31,32)/t22-,24-/m1/s1. The number of hydrogen-bond acceptors (Lipinski definition) is 4. The summed E-state index contributed by atoms with van der Waals surface area (Å²) in [5, 5.41) is 10.2. The number of unbranched alkanes of at least 4 members (excludes halogenated alkanes) is 4. The van der Waals surface area contributed by atoms with E-state index in [4.69, 9.17) is 14.8 Å². The van der Waals surface area contributed by atoms with E-state index in [1.54, 1.807) is 7.11 Å². The topological polar surface area (TPSA) is 62.7 Å². The van der Waals surface area contributed by atoms with Crippen LogP contribution in [0.3, 0.4) is 0 Å². The largest absolute Gasteiger partial charge is 0.497 e. The van der Waals surface area contributed by atoms with E-state index in [1.165, 1.54) is 38.2 Å². The van der Waals surface area contributed by atoms with Crippen molar-refractivity contribution in [2.45, 2.75) is 64.7 Å². The fraction of sp³-hybridized carbons (Fsp3) is 0.571. The van der Waals surface area contributed by atoms with Crippen LogP contribution >= 0.6 is 0 Å². The molecule has 2 atom stereocenters. The van der Waals surface area contributed by atoms with Gasteiger partial charge in [0.1, 0.15) is 5.75 Å². The van der Waals surface area contributed by atoms with Gasteiger partial charge in [-0.2, -0.15) is 0 Å². The number of aliphatic carboxylic acids is 1. The number of benzene rings is 1. The van der Waals surface area contributed by atoms with Crippen molar-refractivity contribution in [1.82, 2.24) is 9.88 Å². The number of likely N-dealkylation sites (tertiary alicyclic amines) is 1. The number of pyridine rings is 1. The minimum atomic E-state index is -0.845. The lowest BCUT2D eigenvalue weighted by atomic mass is 9.81. The second-order valence-corrected chi connectivity index (χ2v) is 9.38. The number of aryl methyl sites for hydroxylation is 1. The number of carboxylic acids is 1. The molecular formula is C28H40N2O3. The minimum absolute atomic E-state index is 0.322. The van der Waals surface area contributed by atoms with E-state index in [0.717, 1.165) is 67.7 Å². The van der Waals surface area contributed by atoms with E-state index in [9.17, 15) is 4.79 Å². The molecule has 1 fully saturated rings. The summed E-state index contributed by atoms with van der Waals surface area (Å²) in [4.78, 5) is 18.5. The van der Waals surface area contributed by atoms with Gasteiger partial charge in [-0.25, -0.2) is 4.79 Å². The van der Waals surface area contributed by atoms with Crippen LogP contribution in [0, 0.1) is 11.8 Å². The van der Waals surface area contributed by atoms with E-state index in [1.807, 2.05) is 24.3 Å². The Balaban J connectivity index is 1.51. The molecule has 0 bridgehead atoms. The summed E-state index contributed by atoms with van der Waals surface area (Å²) in [7, 11) is 1.68. The van der Waals surface area contributed by atoms with Crippen LogP contribution in [0.25, 0.3) is 10.9 Å². The number of fused-ring (bicyclic) bond motifs is 1. The Kier molecular flexibility index (Phi) is 10.2. The molecule has 0 radical (unpaired) electrons. The van der Waals surface area contributed by atoms with E-state index in [0.29, 0.717) is 11.8 Å². The number of rotatable bonds is 13. The number of hydrogen-bond donors (Lipinski definition) is 1. The van der Waals surface area contributed by atoms with Crippen molar-refractivity contribution in [3.05, 3.63) is 48.2 Å². The first-order chi connectivity index (χ1) is 16.1. The third-order valence-electron chi connectivity index (χ3n) is 6.92. The normalized spacial score (nSPS) is 19.3. The molecule has 2 aromatic rings. The van der Waals surface area contributed by atoms with Crippen LogP contribution in [0.5, 0.6) is 5.75 Å². The molecule has 1 aromatic carbocycles. The maximum absolute atomic E-state index is 11.1. The number of carboxylic acid groups (broad SMARTS) is 1. The molecule has 0 amide bonds. The molecule has 5 nitrogen and oxygen atoms in total. The molecule has 1 aromatic heterocycles. The van der Waals surface area contributed by atoms with Gasteiger partial charge in [-0.05, 0) is 81.3 Å². The average Bonchev–Trinajstić information content (AvgIpc) is 2.83. The third kappa shape index (κ3) is 8.15. The van der Waals surface area contributed by atoms with Crippen molar-refractivity contribution >= 4 is 16.9 Å². The van der Waals surface area contributed by atoms with Crippen molar-refractivity contribution in [2.24, 2.45) is 11.8 Å². The van der Waals surface area contributed by atoms with Crippen molar-refractivity contribution in [2.75, 3.05) is 26.7 Å². The highest BCUT2D eigenvalue weighted by Gasteiger charge is 2.27. The summed E-state index contributed by atoms with van der Waals surface area (Å²) in [6.07, 6.45) is 14.1. The van der Waals surface area contributed by atoms with Gasteiger partial charge in [-0.15, -0.1) is 0 Å². The summed E-state index contributed by atoms with van der Waals surface area (Å²) in [6, 6.07) is 10.2. The van der Waals surface area contributed by atoms with Gasteiger partial charge in [0.05, 0.1) is 12.6 Å². The molecule has 0 spiro atoms. The Bertz CT molecular complexity index is 911. The molecule has 1 N–H and O–H groups in total. The Hall–Kier alpha value is -2.40. The van der Waals surface area contributed by atoms with Crippen molar-refractivity contribution in [3.63, 3.8) is 0 Å². The second kappa shape index (κ2) is 13.3. The highest BCUT2D eigenvalue weighted by molar-refractivity contribution is 5.80. The molecule has 180 valence electrons. The van der Waals surface area contributed by atoms with Crippen LogP contribution in [0.4, 0.5) is 0 Å². The van der Waals surface area contributed by atoms with E-state index in [-0.39, 0.29) is 0 Å². The zero-order valence-electron chi connectivity index (χ0n) is 20.3. The molecule has 3 rings (SSSR count). The maximum Gasteiger partial charge on any atom is 0.327 e. The fourth-order valence-corrected chi connectivity index (χ4v) is 4.98. The molecule has 5 heteroatoms. The number of carbonyl (C=O) groups is 1. The molecule has 1 saturated heterocycles. The number of methoxy groups -OCH3 is 1. The van der Waals surface area contributed by atoms with Gasteiger partial charge in [0.25, 0.3) is 0 Å². The van der Waals surface area contributed by atoms with Gasteiger partial charge in [-0.3, -0.25) is 4.98 Å². The summed E-state index contributed by atoms with van der Waals surface area (Å²) in [5.41, 5.74) is 2.12. The predicted octanol–water partition coefficient (Wildman–Crippen LogP) is 6.12. The van der Waals surface area contributed by atoms with Crippen LogP contribution in [0.2, 0.25) is 0 Å². The zero-order chi connectivity index (χ0) is 23.5. The van der Waals surface area contributed by atoms with Crippen LogP contribution in [0.15, 0.2) is 42.5 Å². The summed E-state index contributed by atoms with van der Waals surface area (Å²) in [6.45, 7) is 5.50. The minimum Gasteiger partial charge on any atom is -0.497 e. The molecule has 33 heavy (non-hydrogen) atoms. The van der Waals surface area contributed by atoms with Gasteiger partial charge in [0.15, 0.2) is 0 Å².